The van der Waals surface area contributed by atoms with Gasteiger partial charge in [0, 0.05) is 12.6 Å². The number of aliphatic hydroxyl groups excluding tert-OH is 1. The average molecular weight is 359 g/mol. The second-order valence-corrected chi connectivity index (χ2v) is 7.09. The molecule has 1 heterocycles. The van der Waals surface area contributed by atoms with Crippen LogP contribution < -0.4 is 4.74 Å². The topological polar surface area (TPSA) is 32.7 Å². The first-order valence-corrected chi connectivity index (χ1v) is 9.59. The molecular formula is C24H25NO2. The molecule has 3 aromatic carbocycles. The third kappa shape index (κ3) is 4.38. The lowest BCUT2D eigenvalue weighted by atomic mass is 10.1. The maximum atomic E-state index is 9.45. The SMILES string of the molecule is OC[C@H]1CCCN1Cc1ccc(Oc2ccc(-c3ccccc3)cc2)cc1. The first-order chi connectivity index (χ1) is 13.3. The Balaban J connectivity index is 1.38. The molecule has 0 aliphatic carbocycles. The Morgan fingerprint density at radius 3 is 2.11 bits per heavy atom. The lowest BCUT2D eigenvalue weighted by Crippen LogP contribution is -2.31. The van der Waals surface area contributed by atoms with Crippen LogP contribution in [0.3, 0.4) is 0 Å². The van der Waals surface area contributed by atoms with Crippen molar-refractivity contribution in [3.63, 3.8) is 0 Å². The van der Waals surface area contributed by atoms with Crippen LogP contribution >= 0.6 is 0 Å². The highest BCUT2D eigenvalue weighted by atomic mass is 16.5. The van der Waals surface area contributed by atoms with Crippen molar-refractivity contribution in [3.8, 4) is 22.6 Å². The van der Waals surface area contributed by atoms with Gasteiger partial charge >= 0.3 is 0 Å². The zero-order chi connectivity index (χ0) is 18.5. The van der Waals surface area contributed by atoms with E-state index < -0.39 is 0 Å². The maximum Gasteiger partial charge on any atom is 0.127 e. The van der Waals surface area contributed by atoms with Crippen LogP contribution in [0.25, 0.3) is 11.1 Å². The first-order valence-electron chi connectivity index (χ1n) is 9.59. The predicted molar refractivity (Wildman–Crippen MR) is 109 cm³/mol. The minimum Gasteiger partial charge on any atom is -0.457 e. The van der Waals surface area contributed by atoms with Gasteiger partial charge in [0.05, 0.1) is 6.61 Å². The van der Waals surface area contributed by atoms with Crippen molar-refractivity contribution in [2.45, 2.75) is 25.4 Å². The normalized spacial score (nSPS) is 17.1. The van der Waals surface area contributed by atoms with Crippen LogP contribution in [0, 0.1) is 0 Å². The molecule has 0 spiro atoms. The van der Waals surface area contributed by atoms with E-state index in [1.165, 1.54) is 23.1 Å². The lowest BCUT2D eigenvalue weighted by molar-refractivity contribution is 0.153. The Labute approximate surface area is 160 Å². The van der Waals surface area contributed by atoms with Crippen LogP contribution in [0.2, 0.25) is 0 Å². The molecule has 3 nitrogen and oxygen atoms in total. The molecule has 1 fully saturated rings. The molecule has 0 radical (unpaired) electrons. The van der Waals surface area contributed by atoms with Crippen molar-refractivity contribution in [2.24, 2.45) is 0 Å². The quantitative estimate of drug-likeness (QED) is 0.664. The predicted octanol–water partition coefficient (Wildman–Crippen LogP) is 5.10. The zero-order valence-corrected chi connectivity index (χ0v) is 15.4. The van der Waals surface area contributed by atoms with E-state index in [2.05, 4.69) is 41.3 Å². The van der Waals surface area contributed by atoms with Gasteiger partial charge in [-0.05, 0) is 60.3 Å². The standard InChI is InChI=1S/C24H25NO2/c26-18-22-7-4-16-25(22)17-19-8-12-23(13-9-19)27-24-14-10-21(11-15-24)20-5-2-1-3-6-20/h1-3,5-6,8-15,22,26H,4,7,16-18H2/t22-/m1/s1. The maximum absolute atomic E-state index is 9.45. The molecule has 0 unspecified atom stereocenters. The fourth-order valence-electron chi connectivity index (χ4n) is 3.69. The van der Waals surface area contributed by atoms with Crippen molar-refractivity contribution in [3.05, 3.63) is 84.4 Å². The van der Waals surface area contributed by atoms with Crippen molar-refractivity contribution in [1.29, 1.82) is 0 Å². The van der Waals surface area contributed by atoms with Crippen molar-refractivity contribution < 1.29 is 9.84 Å². The van der Waals surface area contributed by atoms with E-state index in [-0.39, 0.29) is 6.61 Å². The molecule has 1 aliphatic heterocycles. The highest BCUT2D eigenvalue weighted by Gasteiger charge is 2.23. The van der Waals surface area contributed by atoms with Gasteiger partial charge in [0.1, 0.15) is 11.5 Å². The minimum atomic E-state index is 0.250. The largest absolute Gasteiger partial charge is 0.457 e. The van der Waals surface area contributed by atoms with Gasteiger partial charge in [-0.3, -0.25) is 4.90 Å². The second-order valence-electron chi connectivity index (χ2n) is 7.09. The number of likely N-dealkylation sites (tertiary alicyclic amines) is 1. The van der Waals surface area contributed by atoms with Gasteiger partial charge in [0.2, 0.25) is 0 Å². The lowest BCUT2D eigenvalue weighted by Gasteiger charge is -2.22. The third-order valence-electron chi connectivity index (χ3n) is 5.22. The number of hydrogen-bond donors (Lipinski definition) is 1. The van der Waals surface area contributed by atoms with E-state index in [4.69, 9.17) is 4.74 Å². The highest BCUT2D eigenvalue weighted by Crippen LogP contribution is 2.26. The third-order valence-corrected chi connectivity index (χ3v) is 5.22. The molecule has 138 valence electrons. The zero-order valence-electron chi connectivity index (χ0n) is 15.4. The first kappa shape index (κ1) is 17.8. The summed E-state index contributed by atoms with van der Waals surface area (Å²) in [7, 11) is 0. The van der Waals surface area contributed by atoms with Crippen molar-refractivity contribution in [1.82, 2.24) is 4.90 Å². The molecule has 0 amide bonds. The number of nitrogens with zero attached hydrogens (tertiary/aromatic N) is 1. The van der Waals surface area contributed by atoms with Gasteiger partial charge in [-0.2, -0.15) is 0 Å². The van der Waals surface area contributed by atoms with Crippen LogP contribution in [0.1, 0.15) is 18.4 Å². The summed E-state index contributed by atoms with van der Waals surface area (Å²) in [6.45, 7) is 2.20. The van der Waals surface area contributed by atoms with Gasteiger partial charge in [0.15, 0.2) is 0 Å². The molecule has 4 rings (SSSR count). The molecule has 1 saturated heterocycles. The number of hydrogen-bond acceptors (Lipinski definition) is 3. The van der Waals surface area contributed by atoms with Crippen LogP contribution in [-0.4, -0.2) is 29.2 Å². The molecule has 0 saturated carbocycles. The van der Waals surface area contributed by atoms with Gasteiger partial charge < -0.3 is 9.84 Å². The minimum absolute atomic E-state index is 0.250. The second kappa shape index (κ2) is 8.38. The van der Waals surface area contributed by atoms with Gasteiger partial charge in [-0.25, -0.2) is 0 Å². The summed E-state index contributed by atoms with van der Waals surface area (Å²) in [6.07, 6.45) is 2.27. The summed E-state index contributed by atoms with van der Waals surface area (Å²) in [6, 6.07) is 27.1. The van der Waals surface area contributed by atoms with Crippen LogP contribution in [0.15, 0.2) is 78.9 Å². The van der Waals surface area contributed by atoms with E-state index in [1.54, 1.807) is 0 Å². The van der Waals surface area contributed by atoms with E-state index >= 15 is 0 Å². The fraction of sp³-hybridized carbons (Fsp3) is 0.250. The van der Waals surface area contributed by atoms with E-state index in [0.717, 1.165) is 31.0 Å². The monoisotopic (exact) mass is 359 g/mol. The number of rotatable bonds is 6. The Kier molecular flexibility index (Phi) is 5.52. The van der Waals surface area contributed by atoms with E-state index in [1.807, 2.05) is 42.5 Å². The summed E-state index contributed by atoms with van der Waals surface area (Å²) in [5.74, 6) is 1.67. The van der Waals surface area contributed by atoms with Gasteiger partial charge in [0.25, 0.3) is 0 Å². The summed E-state index contributed by atoms with van der Waals surface area (Å²) in [5.41, 5.74) is 3.64. The molecule has 3 heteroatoms. The van der Waals surface area contributed by atoms with Crippen LogP contribution in [0.5, 0.6) is 11.5 Å². The van der Waals surface area contributed by atoms with E-state index in [9.17, 15) is 5.11 Å². The summed E-state index contributed by atoms with van der Waals surface area (Å²) < 4.78 is 5.98. The molecule has 3 aromatic rings. The van der Waals surface area contributed by atoms with Crippen LogP contribution in [0.4, 0.5) is 0 Å². The number of benzene rings is 3. The summed E-state index contributed by atoms with van der Waals surface area (Å²) >= 11 is 0. The Hall–Kier alpha value is -2.62. The van der Waals surface area contributed by atoms with Crippen molar-refractivity contribution in [2.75, 3.05) is 13.2 Å². The number of aliphatic hydroxyl groups is 1. The molecule has 27 heavy (non-hydrogen) atoms. The fourth-order valence-corrected chi connectivity index (χ4v) is 3.69. The number of ether oxygens (including phenoxy) is 1. The molecule has 1 atom stereocenters. The summed E-state index contributed by atoms with van der Waals surface area (Å²) in [4.78, 5) is 2.36. The Bertz CT molecular complexity index is 844. The van der Waals surface area contributed by atoms with Gasteiger partial charge in [-0.1, -0.05) is 54.6 Å². The Morgan fingerprint density at radius 2 is 1.44 bits per heavy atom. The van der Waals surface area contributed by atoms with Crippen LogP contribution in [-0.2, 0) is 6.54 Å². The van der Waals surface area contributed by atoms with Gasteiger partial charge in [-0.15, -0.1) is 0 Å². The molecular weight excluding hydrogens is 334 g/mol. The molecule has 1 aliphatic rings. The smallest absolute Gasteiger partial charge is 0.127 e. The highest BCUT2D eigenvalue weighted by molar-refractivity contribution is 5.64. The van der Waals surface area contributed by atoms with E-state index in [0.29, 0.717) is 6.04 Å². The van der Waals surface area contributed by atoms with Crippen molar-refractivity contribution >= 4 is 0 Å². The average Bonchev–Trinajstić information content (AvgIpc) is 3.18. The molecule has 1 N–H and O–H groups in total. The molecule has 0 bridgehead atoms. The summed E-state index contributed by atoms with van der Waals surface area (Å²) in [5, 5.41) is 9.45. The molecule has 0 aromatic heterocycles. The Morgan fingerprint density at radius 1 is 0.815 bits per heavy atom.